The zero-order valence-electron chi connectivity index (χ0n) is 34.8. The molecule has 6 N–H and O–H groups in total. The van der Waals surface area contributed by atoms with Crippen molar-refractivity contribution in [2.45, 2.75) is 146 Å². The first kappa shape index (κ1) is 40.3. The molecule has 59 heavy (non-hydrogen) atoms. The Balaban J connectivity index is 1.21. The lowest BCUT2D eigenvalue weighted by Crippen LogP contribution is -2.59. The van der Waals surface area contributed by atoms with E-state index in [9.17, 15) is 15.3 Å². The number of aromatic hydroxyl groups is 1. The molecule has 9 nitrogen and oxygen atoms in total. The molecule has 4 aromatic rings. The highest BCUT2D eigenvalue weighted by atomic mass is 16.5. The van der Waals surface area contributed by atoms with Crippen LogP contribution in [0.25, 0.3) is 16.6 Å². The molecule has 4 heterocycles. The molecule has 1 aromatic heterocycles. The minimum absolute atomic E-state index is 0.00683. The number of ether oxygens (including phenoxy) is 3. The van der Waals surface area contributed by atoms with Crippen molar-refractivity contribution in [2.24, 2.45) is 11.7 Å². The van der Waals surface area contributed by atoms with Crippen LogP contribution < -0.4 is 15.8 Å². The average Bonchev–Trinajstić information content (AvgIpc) is 3.69. The number of aliphatic hydroxyl groups is 2. The van der Waals surface area contributed by atoms with Gasteiger partial charge in [0.05, 0.1) is 37.2 Å². The number of aromatic nitrogens is 1. The third-order valence-electron chi connectivity index (χ3n) is 14.5. The van der Waals surface area contributed by atoms with E-state index in [1.54, 1.807) is 6.07 Å². The van der Waals surface area contributed by atoms with Crippen LogP contribution in [-0.4, -0.2) is 57.1 Å². The summed E-state index contributed by atoms with van der Waals surface area (Å²) in [5.74, 6) is 1.59. The highest BCUT2D eigenvalue weighted by molar-refractivity contribution is 5.88. The van der Waals surface area contributed by atoms with Gasteiger partial charge in [-0.05, 0) is 115 Å². The molecule has 5 atom stereocenters. The first-order chi connectivity index (χ1) is 28.8. The topological polar surface area (TPSA) is 131 Å². The Kier molecular flexibility index (Phi) is 11.7. The molecular weight excluding hydrogens is 739 g/mol. The normalized spacial score (nSPS) is 27.0. The van der Waals surface area contributed by atoms with Gasteiger partial charge < -0.3 is 45.1 Å². The third-order valence-corrected chi connectivity index (χ3v) is 14.5. The van der Waals surface area contributed by atoms with Crippen molar-refractivity contribution in [1.29, 1.82) is 0 Å². The van der Waals surface area contributed by atoms with Crippen molar-refractivity contribution in [3.05, 3.63) is 112 Å². The van der Waals surface area contributed by atoms with E-state index >= 15 is 0 Å². The van der Waals surface area contributed by atoms with E-state index in [4.69, 9.17) is 19.9 Å². The first-order valence-electron chi connectivity index (χ1n) is 22.5. The lowest BCUT2D eigenvalue weighted by atomic mass is 9.51. The Hall–Kier alpha value is -4.12. The summed E-state index contributed by atoms with van der Waals surface area (Å²) in [6.45, 7) is 3.32. The smallest absolute Gasteiger partial charge is 0.161 e. The van der Waals surface area contributed by atoms with Crippen LogP contribution >= 0.6 is 0 Å². The summed E-state index contributed by atoms with van der Waals surface area (Å²) < 4.78 is 22.5. The molecule has 2 fully saturated rings. The number of unbranched alkanes of at least 4 members (excludes halogenated alkanes) is 2. The predicted molar refractivity (Wildman–Crippen MR) is 232 cm³/mol. The van der Waals surface area contributed by atoms with Crippen LogP contribution in [0.4, 0.5) is 0 Å². The van der Waals surface area contributed by atoms with Crippen molar-refractivity contribution in [3.8, 4) is 11.5 Å². The van der Waals surface area contributed by atoms with Crippen LogP contribution in [0.5, 0.6) is 11.5 Å². The minimum atomic E-state index is -0.596. The maximum Gasteiger partial charge on any atom is 0.161 e. The van der Waals surface area contributed by atoms with Gasteiger partial charge in [-0.1, -0.05) is 81.9 Å². The number of rotatable bonds is 6. The number of hydrogen-bond acceptors (Lipinski definition) is 8. The number of benzene rings is 3. The lowest BCUT2D eigenvalue weighted by Gasteiger charge is -2.59. The number of fused-ring (bicyclic) bond motifs is 8. The minimum Gasteiger partial charge on any atom is -0.504 e. The number of aliphatic hydroxyl groups excluding tert-OH is 2. The number of phenols is 1. The maximum atomic E-state index is 11.4. The Morgan fingerprint density at radius 3 is 2.63 bits per heavy atom. The zero-order chi connectivity index (χ0) is 40.6. The summed E-state index contributed by atoms with van der Waals surface area (Å²) in [7, 11) is 0. The highest BCUT2D eigenvalue weighted by Crippen LogP contribution is 2.59. The number of nitrogens with zero attached hydrogens (tertiary/aromatic N) is 1. The molecule has 1 saturated heterocycles. The summed E-state index contributed by atoms with van der Waals surface area (Å²) in [4.78, 5) is 0. The lowest BCUT2D eigenvalue weighted by molar-refractivity contribution is -0.166. The van der Waals surface area contributed by atoms with E-state index < -0.39 is 6.10 Å². The molecule has 1 spiro atoms. The van der Waals surface area contributed by atoms with E-state index in [1.165, 1.54) is 36.0 Å². The van der Waals surface area contributed by atoms with E-state index in [2.05, 4.69) is 71.7 Å². The average molecular weight is 802 g/mol. The quantitative estimate of drug-likeness (QED) is 0.123. The maximum absolute atomic E-state index is 11.4. The van der Waals surface area contributed by atoms with E-state index in [1.807, 2.05) is 12.1 Å². The predicted octanol–water partition coefficient (Wildman–Crippen LogP) is 8.67. The van der Waals surface area contributed by atoms with Crippen LogP contribution in [0.1, 0.15) is 124 Å². The first-order valence-corrected chi connectivity index (χ1v) is 22.5. The van der Waals surface area contributed by atoms with E-state index in [0.717, 1.165) is 97.7 Å². The van der Waals surface area contributed by atoms with Crippen LogP contribution in [-0.2, 0) is 40.9 Å². The standard InChI is InChI=1S/C50H63N3O6/c1-2-3-5-11-41-27-40(55)16-13-34-26-45(44(56)25-37(34)30-54)58-32-38-24-39(23-36-28-53(29-42(36)38)48-35(31-57-41)15-18-47(51)52-48)50-21-22-59-49(19-8-4-9-20-49)46(50)17-14-33-10-6-7-12-43(33)50/h6-7,10,12,15,18,23-26,28-29,40-41,46-47,52,54-56H,2-5,8-9,11,13-14,16-17,19-22,27,30-32,51H2,1H3. The number of phenolic OH excluding ortho intramolecular Hbond substituents is 1. The summed E-state index contributed by atoms with van der Waals surface area (Å²) in [5, 5.41) is 38.7. The van der Waals surface area contributed by atoms with Gasteiger partial charge in [-0.2, -0.15) is 0 Å². The van der Waals surface area contributed by atoms with E-state index in [0.29, 0.717) is 43.1 Å². The summed E-state index contributed by atoms with van der Waals surface area (Å²) in [5.41, 5.74) is 13.9. The molecule has 0 amide bonds. The van der Waals surface area contributed by atoms with Gasteiger partial charge in [0.2, 0.25) is 0 Å². The van der Waals surface area contributed by atoms with Crippen LogP contribution in [0.3, 0.4) is 0 Å². The zero-order valence-corrected chi connectivity index (χ0v) is 34.8. The second-order valence-electron chi connectivity index (χ2n) is 18.0. The SMILES string of the molecule is CCCCCC1CC(O)CCc2cc(c(O)cc2CO)OCc2cc(C34CCOC5(CCCCC5)C3CCc3ccccc34)cc3cn(cc23)C2=C(C=CC(N)N2)CO1. The fourth-order valence-electron chi connectivity index (χ4n) is 11.5. The Morgan fingerprint density at radius 2 is 1.78 bits per heavy atom. The van der Waals surface area contributed by atoms with E-state index in [-0.39, 0.29) is 42.2 Å². The molecule has 3 aromatic carbocycles. The number of aryl methyl sites for hydroxylation is 2. The molecule has 3 aliphatic heterocycles. The fourth-order valence-corrected chi connectivity index (χ4v) is 11.5. The van der Waals surface area contributed by atoms with Gasteiger partial charge in [0.15, 0.2) is 11.5 Å². The molecule has 9 rings (SSSR count). The second-order valence-corrected chi connectivity index (χ2v) is 18.0. The number of nitrogens with two attached hydrogens (primary N) is 1. The molecule has 314 valence electrons. The van der Waals surface area contributed by atoms with Crippen molar-refractivity contribution in [2.75, 3.05) is 13.2 Å². The molecule has 5 aliphatic rings. The van der Waals surface area contributed by atoms with Gasteiger partial charge >= 0.3 is 0 Å². The van der Waals surface area contributed by atoms with Crippen LogP contribution in [0, 0.1) is 5.92 Å². The van der Waals surface area contributed by atoms with Crippen molar-refractivity contribution in [1.82, 2.24) is 9.88 Å². The number of nitrogens with one attached hydrogen (secondary N) is 1. The summed E-state index contributed by atoms with van der Waals surface area (Å²) in [6.07, 6.45) is 22.0. The van der Waals surface area contributed by atoms with Gasteiger partial charge in [-0.3, -0.25) is 0 Å². The molecule has 2 aliphatic carbocycles. The van der Waals surface area contributed by atoms with Gasteiger partial charge in [0.1, 0.15) is 12.4 Å². The largest absolute Gasteiger partial charge is 0.504 e. The van der Waals surface area contributed by atoms with Crippen molar-refractivity contribution >= 4 is 16.6 Å². The van der Waals surface area contributed by atoms with Gasteiger partial charge in [0.25, 0.3) is 0 Å². The Labute approximate surface area is 349 Å². The molecule has 1 saturated carbocycles. The third kappa shape index (κ3) is 7.74. The molecule has 4 bridgehead atoms. The molecular formula is C50H63N3O6. The monoisotopic (exact) mass is 801 g/mol. The molecule has 9 heteroatoms. The Bertz CT molecular complexity index is 2200. The molecule has 0 radical (unpaired) electrons. The number of hydrogen-bond donors (Lipinski definition) is 5. The molecule has 5 unspecified atom stereocenters. The van der Waals surface area contributed by atoms with Crippen molar-refractivity contribution in [3.63, 3.8) is 0 Å². The van der Waals surface area contributed by atoms with Crippen LogP contribution in [0.15, 0.2) is 78.6 Å². The van der Waals surface area contributed by atoms with Gasteiger partial charge in [-0.15, -0.1) is 0 Å². The number of dihydropyridines is 1. The summed E-state index contributed by atoms with van der Waals surface area (Å²) >= 11 is 0. The highest BCUT2D eigenvalue weighted by Gasteiger charge is 2.58. The Morgan fingerprint density at radius 1 is 0.932 bits per heavy atom. The van der Waals surface area contributed by atoms with Crippen LogP contribution in [0.2, 0.25) is 0 Å². The van der Waals surface area contributed by atoms with Gasteiger partial charge in [-0.25, -0.2) is 0 Å². The summed E-state index contributed by atoms with van der Waals surface area (Å²) in [6, 6.07) is 17.4. The van der Waals surface area contributed by atoms with Gasteiger partial charge in [0, 0.05) is 46.7 Å². The van der Waals surface area contributed by atoms with Crippen molar-refractivity contribution < 1.29 is 29.5 Å². The second kappa shape index (κ2) is 17.1. The fraction of sp³-hybridized carbons (Fsp3) is 0.520.